The normalized spacial score (nSPS) is 12.7. The molecule has 3 nitrogen and oxygen atoms in total. The molecular formula is C14H14Cl2N2OS. The fourth-order valence-electron chi connectivity index (χ4n) is 1.86. The lowest BCUT2D eigenvalue weighted by Crippen LogP contribution is -2.10. The van der Waals surface area contributed by atoms with Crippen LogP contribution in [0.3, 0.4) is 0 Å². The lowest BCUT2D eigenvalue weighted by molar-refractivity contribution is 0.538. The van der Waals surface area contributed by atoms with Gasteiger partial charge in [-0.05, 0) is 24.1 Å². The Labute approximate surface area is 132 Å². The van der Waals surface area contributed by atoms with E-state index in [2.05, 4.69) is 18.8 Å². The van der Waals surface area contributed by atoms with Crippen LogP contribution in [0, 0.1) is 5.92 Å². The Morgan fingerprint density at radius 1 is 1.25 bits per heavy atom. The van der Waals surface area contributed by atoms with E-state index in [-0.39, 0.29) is 5.25 Å². The summed E-state index contributed by atoms with van der Waals surface area (Å²) in [5, 5.41) is 1.24. The van der Waals surface area contributed by atoms with Crippen LogP contribution in [0.15, 0.2) is 35.5 Å². The summed E-state index contributed by atoms with van der Waals surface area (Å²) in [6.45, 7) is 4.18. The van der Waals surface area contributed by atoms with Gasteiger partial charge in [-0.2, -0.15) is 0 Å². The predicted octanol–water partition coefficient (Wildman–Crippen LogP) is 4.72. The smallest absolute Gasteiger partial charge is 0.219 e. The maximum absolute atomic E-state index is 11.0. The van der Waals surface area contributed by atoms with E-state index in [4.69, 9.17) is 23.2 Å². The highest BCUT2D eigenvalue weighted by Gasteiger charge is 2.22. The second kappa shape index (κ2) is 6.66. The molecule has 1 aromatic carbocycles. The first kappa shape index (κ1) is 15.4. The summed E-state index contributed by atoms with van der Waals surface area (Å²) >= 11 is 13.6. The Morgan fingerprint density at radius 3 is 2.45 bits per heavy atom. The van der Waals surface area contributed by atoms with Crippen LogP contribution in [0.1, 0.15) is 24.9 Å². The Kier molecular flexibility index (Phi) is 5.13. The van der Waals surface area contributed by atoms with Gasteiger partial charge in [0.15, 0.2) is 0 Å². The fourth-order valence-corrected chi connectivity index (χ4v) is 3.76. The number of aromatic nitrogens is 2. The van der Waals surface area contributed by atoms with E-state index in [1.165, 1.54) is 4.57 Å². The monoisotopic (exact) mass is 328 g/mol. The van der Waals surface area contributed by atoms with E-state index in [9.17, 15) is 4.79 Å². The van der Waals surface area contributed by atoms with Gasteiger partial charge in [-0.25, -0.2) is 4.98 Å². The molecule has 0 aliphatic rings. The lowest BCUT2D eigenvalue weighted by atomic mass is 10.1. The maximum Gasteiger partial charge on any atom is 0.219 e. The van der Waals surface area contributed by atoms with Crippen molar-refractivity contribution in [3.63, 3.8) is 0 Å². The summed E-state index contributed by atoms with van der Waals surface area (Å²) in [4.78, 5) is 16.3. The molecule has 0 aliphatic carbocycles. The predicted molar refractivity (Wildman–Crippen MR) is 84.3 cm³/mol. The van der Waals surface area contributed by atoms with E-state index in [1.807, 2.05) is 12.1 Å². The van der Waals surface area contributed by atoms with Gasteiger partial charge in [0.1, 0.15) is 5.82 Å². The zero-order valence-corrected chi connectivity index (χ0v) is 13.4. The van der Waals surface area contributed by atoms with Gasteiger partial charge in [0.25, 0.3) is 0 Å². The number of nitrogens with zero attached hydrogens (tertiary/aromatic N) is 2. The molecule has 1 aromatic heterocycles. The number of hydrogen-bond donors (Lipinski definition) is 0. The van der Waals surface area contributed by atoms with E-state index >= 15 is 0 Å². The first-order chi connectivity index (χ1) is 9.51. The number of thioether (sulfide) groups is 1. The molecule has 6 heteroatoms. The molecule has 106 valence electrons. The fraction of sp³-hybridized carbons (Fsp3) is 0.286. The molecule has 2 aromatic rings. The first-order valence-corrected chi connectivity index (χ1v) is 7.75. The van der Waals surface area contributed by atoms with Gasteiger partial charge in [-0.15, -0.1) is 11.8 Å². The molecule has 0 amide bonds. The zero-order valence-electron chi connectivity index (χ0n) is 11.1. The molecule has 1 unspecified atom stereocenters. The molecule has 0 radical (unpaired) electrons. The van der Waals surface area contributed by atoms with Crippen LogP contribution in [0.4, 0.5) is 0 Å². The van der Waals surface area contributed by atoms with Gasteiger partial charge >= 0.3 is 0 Å². The number of carbonyl (C=O) groups is 1. The third-order valence-corrected chi connectivity index (χ3v) is 4.72. The average molecular weight is 329 g/mol. The Hall–Kier alpha value is -0.970. The van der Waals surface area contributed by atoms with Crippen LogP contribution in [-0.4, -0.2) is 16.0 Å². The number of halogens is 2. The van der Waals surface area contributed by atoms with Crippen LogP contribution in [0.2, 0.25) is 10.0 Å². The van der Waals surface area contributed by atoms with Crippen LogP contribution in [0.25, 0.3) is 0 Å². The van der Waals surface area contributed by atoms with Crippen LogP contribution >= 0.6 is 35.0 Å². The summed E-state index contributed by atoms with van der Waals surface area (Å²) < 4.78 is 1.50. The minimum Gasteiger partial charge on any atom is -0.278 e. The summed E-state index contributed by atoms with van der Waals surface area (Å²) in [6, 6.07) is 5.42. The van der Waals surface area contributed by atoms with Crippen molar-refractivity contribution in [3.8, 4) is 0 Å². The van der Waals surface area contributed by atoms with Crippen molar-refractivity contribution in [2.24, 2.45) is 5.92 Å². The second-order valence-corrected chi connectivity index (χ2v) is 6.77. The Balaban J connectivity index is 2.33. The van der Waals surface area contributed by atoms with Crippen LogP contribution in [0.5, 0.6) is 0 Å². The van der Waals surface area contributed by atoms with Gasteiger partial charge in [0, 0.05) is 27.3 Å². The molecule has 2 rings (SSSR count). The van der Waals surface area contributed by atoms with Gasteiger partial charge < -0.3 is 0 Å². The molecule has 0 spiro atoms. The van der Waals surface area contributed by atoms with Gasteiger partial charge in [0.2, 0.25) is 6.41 Å². The van der Waals surface area contributed by atoms with Crippen LogP contribution < -0.4 is 0 Å². The molecule has 1 heterocycles. The minimum atomic E-state index is 0.0460. The van der Waals surface area contributed by atoms with Crippen molar-refractivity contribution >= 4 is 41.4 Å². The number of carbonyl (C=O) groups excluding carboxylic acids is 1. The molecule has 20 heavy (non-hydrogen) atoms. The summed E-state index contributed by atoms with van der Waals surface area (Å²) in [7, 11) is 0. The molecule has 0 bridgehead atoms. The van der Waals surface area contributed by atoms with Crippen molar-refractivity contribution in [1.29, 1.82) is 0 Å². The molecular weight excluding hydrogens is 315 g/mol. The largest absolute Gasteiger partial charge is 0.278 e. The van der Waals surface area contributed by atoms with E-state index < -0.39 is 0 Å². The Bertz CT molecular complexity index is 593. The number of imidazole rings is 1. The molecule has 1 atom stereocenters. The van der Waals surface area contributed by atoms with Crippen LogP contribution in [-0.2, 0) is 4.79 Å². The maximum atomic E-state index is 11.0. The summed E-state index contributed by atoms with van der Waals surface area (Å²) in [5.41, 5.74) is 0. The van der Waals surface area contributed by atoms with Crippen molar-refractivity contribution in [2.45, 2.75) is 24.0 Å². The Morgan fingerprint density at radius 2 is 1.90 bits per heavy atom. The SMILES string of the molecule is CC(C)C(Sc1cc(Cl)cc(Cl)c1)c1nccn1C=O. The van der Waals surface area contributed by atoms with Gasteiger partial charge in [-0.3, -0.25) is 9.36 Å². The third kappa shape index (κ3) is 3.57. The molecule has 0 saturated heterocycles. The zero-order chi connectivity index (χ0) is 14.7. The number of hydrogen-bond acceptors (Lipinski definition) is 3. The summed E-state index contributed by atoms with van der Waals surface area (Å²) in [5.74, 6) is 1.04. The summed E-state index contributed by atoms with van der Waals surface area (Å²) in [6.07, 6.45) is 4.05. The van der Waals surface area contributed by atoms with E-state index in [0.29, 0.717) is 16.0 Å². The van der Waals surface area contributed by atoms with Crippen molar-refractivity contribution in [3.05, 3.63) is 46.5 Å². The lowest BCUT2D eigenvalue weighted by Gasteiger charge is -2.20. The second-order valence-electron chi connectivity index (χ2n) is 4.69. The van der Waals surface area contributed by atoms with Gasteiger partial charge in [0.05, 0.1) is 5.25 Å². The van der Waals surface area contributed by atoms with E-state index in [0.717, 1.165) is 17.1 Å². The van der Waals surface area contributed by atoms with E-state index in [1.54, 1.807) is 30.2 Å². The third-order valence-electron chi connectivity index (χ3n) is 2.77. The highest BCUT2D eigenvalue weighted by Crippen LogP contribution is 2.41. The minimum absolute atomic E-state index is 0.0460. The topological polar surface area (TPSA) is 34.9 Å². The number of rotatable bonds is 5. The van der Waals surface area contributed by atoms with Gasteiger partial charge in [-0.1, -0.05) is 37.0 Å². The number of benzene rings is 1. The van der Waals surface area contributed by atoms with Crippen molar-refractivity contribution in [1.82, 2.24) is 9.55 Å². The molecule has 0 N–H and O–H groups in total. The molecule has 0 aliphatic heterocycles. The van der Waals surface area contributed by atoms with Crippen molar-refractivity contribution < 1.29 is 4.79 Å². The average Bonchev–Trinajstić information content (AvgIpc) is 2.82. The quantitative estimate of drug-likeness (QED) is 0.588. The highest BCUT2D eigenvalue weighted by molar-refractivity contribution is 7.99. The molecule has 0 saturated carbocycles. The standard InChI is InChI=1S/C14H14Cl2N2OS/c1-9(2)13(14-17-3-4-18(14)8-19)20-12-6-10(15)5-11(16)7-12/h3-9,13H,1-2H3. The highest BCUT2D eigenvalue weighted by atomic mass is 35.5. The first-order valence-electron chi connectivity index (χ1n) is 6.12. The van der Waals surface area contributed by atoms with Crippen molar-refractivity contribution in [2.75, 3.05) is 0 Å². The molecule has 0 fully saturated rings.